The summed E-state index contributed by atoms with van der Waals surface area (Å²) in [5, 5.41) is 2.63. The minimum atomic E-state index is -3.85. The predicted molar refractivity (Wildman–Crippen MR) is 85.9 cm³/mol. The van der Waals surface area contributed by atoms with Crippen molar-refractivity contribution in [2.45, 2.75) is 11.8 Å². The summed E-state index contributed by atoms with van der Waals surface area (Å²) < 4.78 is 39.0. The Bertz CT molecular complexity index is 762. The van der Waals surface area contributed by atoms with E-state index < -0.39 is 21.7 Å². The molecule has 0 aromatic heterocycles. The molecule has 2 aromatic rings. The Labute approximate surface area is 134 Å². The van der Waals surface area contributed by atoms with Gasteiger partial charge in [-0.15, -0.1) is 0 Å². The van der Waals surface area contributed by atoms with Gasteiger partial charge in [0.2, 0.25) is 15.9 Å². The number of hydrogen-bond donors (Lipinski definition) is 1. The lowest BCUT2D eigenvalue weighted by Crippen LogP contribution is -2.37. The van der Waals surface area contributed by atoms with E-state index in [4.69, 9.17) is 0 Å². The topological polar surface area (TPSA) is 66.5 Å². The fourth-order valence-corrected chi connectivity index (χ4v) is 3.41. The van der Waals surface area contributed by atoms with Crippen LogP contribution in [0.3, 0.4) is 0 Å². The summed E-state index contributed by atoms with van der Waals surface area (Å²) in [6.45, 7) is 1.45. The number of sulfonamides is 1. The summed E-state index contributed by atoms with van der Waals surface area (Å²) in [6.07, 6.45) is 0. The Morgan fingerprint density at radius 3 is 2.26 bits per heavy atom. The third kappa shape index (κ3) is 4.37. The standard InChI is InChI=1S/C16H17FN2O3S/c1-2-19(12-16(20)18-14-6-4-3-5-7-14)23(21,22)15-10-8-13(17)9-11-15/h3-11H,2,12H2,1H3,(H,18,20). The van der Waals surface area contributed by atoms with Gasteiger partial charge in [-0.1, -0.05) is 25.1 Å². The predicted octanol–water partition coefficient (Wildman–Crippen LogP) is 2.48. The lowest BCUT2D eigenvalue weighted by Gasteiger charge is -2.20. The molecule has 7 heteroatoms. The molecule has 2 aromatic carbocycles. The largest absolute Gasteiger partial charge is 0.325 e. The van der Waals surface area contributed by atoms with Crippen LogP contribution in [0.4, 0.5) is 10.1 Å². The summed E-state index contributed by atoms with van der Waals surface area (Å²) in [5.41, 5.74) is 0.590. The average molecular weight is 336 g/mol. The summed E-state index contributed by atoms with van der Waals surface area (Å²) >= 11 is 0. The third-order valence-corrected chi connectivity index (χ3v) is 5.12. The van der Waals surface area contributed by atoms with Crippen LogP contribution in [-0.2, 0) is 14.8 Å². The van der Waals surface area contributed by atoms with Gasteiger partial charge in [0.15, 0.2) is 0 Å². The maximum atomic E-state index is 12.9. The molecule has 0 heterocycles. The Kier molecular flexibility index (Phi) is 5.46. The Hall–Kier alpha value is -2.25. The summed E-state index contributed by atoms with van der Waals surface area (Å²) in [6, 6.07) is 13.3. The number of nitrogens with one attached hydrogen (secondary N) is 1. The number of anilines is 1. The number of carbonyl (C=O) groups is 1. The number of hydrogen-bond acceptors (Lipinski definition) is 3. The fraction of sp³-hybridized carbons (Fsp3) is 0.188. The SMILES string of the molecule is CCN(CC(=O)Nc1ccccc1)S(=O)(=O)c1ccc(F)cc1. The van der Waals surface area contributed by atoms with E-state index in [1.54, 1.807) is 31.2 Å². The normalized spacial score (nSPS) is 11.4. The van der Waals surface area contributed by atoms with Crippen LogP contribution in [0.2, 0.25) is 0 Å². The molecular weight excluding hydrogens is 319 g/mol. The van der Waals surface area contributed by atoms with Crippen molar-refractivity contribution in [2.75, 3.05) is 18.4 Å². The minimum Gasteiger partial charge on any atom is -0.325 e. The first-order valence-corrected chi connectivity index (χ1v) is 8.48. The van der Waals surface area contributed by atoms with Gasteiger partial charge in [-0.05, 0) is 36.4 Å². The van der Waals surface area contributed by atoms with Crippen molar-refractivity contribution in [3.8, 4) is 0 Å². The van der Waals surface area contributed by atoms with Crippen molar-refractivity contribution in [3.63, 3.8) is 0 Å². The highest BCUT2D eigenvalue weighted by Crippen LogP contribution is 2.16. The van der Waals surface area contributed by atoms with Crippen molar-refractivity contribution >= 4 is 21.6 Å². The maximum absolute atomic E-state index is 12.9. The second-order valence-corrected chi connectivity index (χ2v) is 6.74. The molecule has 122 valence electrons. The van der Waals surface area contributed by atoms with Crippen LogP contribution < -0.4 is 5.32 Å². The molecular formula is C16H17FN2O3S. The molecule has 0 atom stereocenters. The Morgan fingerprint density at radius 2 is 1.70 bits per heavy atom. The van der Waals surface area contributed by atoms with E-state index in [0.717, 1.165) is 16.4 Å². The van der Waals surface area contributed by atoms with Gasteiger partial charge in [0.25, 0.3) is 0 Å². The van der Waals surface area contributed by atoms with E-state index in [2.05, 4.69) is 5.32 Å². The van der Waals surface area contributed by atoms with Crippen LogP contribution in [0.15, 0.2) is 59.5 Å². The molecule has 1 N–H and O–H groups in total. The Balaban J connectivity index is 2.12. The summed E-state index contributed by atoms with van der Waals surface area (Å²) in [5.74, 6) is -0.961. The van der Waals surface area contributed by atoms with Gasteiger partial charge in [0.05, 0.1) is 11.4 Å². The van der Waals surface area contributed by atoms with Crippen molar-refractivity contribution in [1.29, 1.82) is 0 Å². The average Bonchev–Trinajstić information content (AvgIpc) is 2.53. The first kappa shape index (κ1) is 17.1. The molecule has 0 unspecified atom stereocenters. The number of amides is 1. The van der Waals surface area contributed by atoms with Crippen LogP contribution in [0.25, 0.3) is 0 Å². The van der Waals surface area contributed by atoms with E-state index in [0.29, 0.717) is 5.69 Å². The number of carbonyl (C=O) groups excluding carboxylic acids is 1. The van der Waals surface area contributed by atoms with Crippen LogP contribution in [0.5, 0.6) is 0 Å². The zero-order valence-electron chi connectivity index (χ0n) is 12.6. The molecule has 0 radical (unpaired) electrons. The molecule has 1 amide bonds. The Morgan fingerprint density at radius 1 is 1.09 bits per heavy atom. The van der Waals surface area contributed by atoms with E-state index in [1.807, 2.05) is 6.07 Å². The molecule has 0 aliphatic heterocycles. The van der Waals surface area contributed by atoms with Gasteiger partial charge in [0, 0.05) is 12.2 Å². The highest BCUT2D eigenvalue weighted by Gasteiger charge is 2.25. The highest BCUT2D eigenvalue weighted by atomic mass is 32.2. The first-order valence-electron chi connectivity index (χ1n) is 7.04. The number of benzene rings is 2. The van der Waals surface area contributed by atoms with Crippen LogP contribution in [0, 0.1) is 5.82 Å². The third-order valence-electron chi connectivity index (χ3n) is 3.18. The van der Waals surface area contributed by atoms with E-state index in [9.17, 15) is 17.6 Å². The van der Waals surface area contributed by atoms with E-state index in [-0.39, 0.29) is 18.0 Å². The number of halogens is 1. The van der Waals surface area contributed by atoms with Crippen molar-refractivity contribution in [3.05, 3.63) is 60.4 Å². The fourth-order valence-electron chi connectivity index (χ4n) is 2.00. The van der Waals surface area contributed by atoms with Crippen LogP contribution in [-0.4, -0.2) is 31.7 Å². The molecule has 23 heavy (non-hydrogen) atoms. The van der Waals surface area contributed by atoms with Crippen molar-refractivity contribution in [2.24, 2.45) is 0 Å². The molecule has 5 nitrogen and oxygen atoms in total. The van der Waals surface area contributed by atoms with Gasteiger partial charge in [-0.25, -0.2) is 12.8 Å². The lowest BCUT2D eigenvalue weighted by molar-refractivity contribution is -0.116. The number of likely N-dealkylation sites (N-methyl/N-ethyl adjacent to an activating group) is 1. The van der Waals surface area contributed by atoms with Gasteiger partial charge in [-0.3, -0.25) is 4.79 Å². The molecule has 0 aliphatic rings. The van der Waals surface area contributed by atoms with Gasteiger partial charge in [0.1, 0.15) is 5.82 Å². The first-order chi connectivity index (χ1) is 10.9. The molecule has 0 saturated heterocycles. The van der Waals surface area contributed by atoms with Crippen molar-refractivity contribution in [1.82, 2.24) is 4.31 Å². The summed E-state index contributed by atoms with van der Waals surface area (Å²) in [7, 11) is -3.85. The zero-order valence-corrected chi connectivity index (χ0v) is 13.4. The lowest BCUT2D eigenvalue weighted by atomic mass is 10.3. The minimum absolute atomic E-state index is 0.0479. The van der Waals surface area contributed by atoms with Gasteiger partial charge in [-0.2, -0.15) is 4.31 Å². The second kappa shape index (κ2) is 7.34. The van der Waals surface area contributed by atoms with Gasteiger partial charge < -0.3 is 5.32 Å². The molecule has 0 saturated carbocycles. The monoisotopic (exact) mass is 336 g/mol. The molecule has 0 spiro atoms. The van der Waals surface area contributed by atoms with E-state index >= 15 is 0 Å². The molecule has 0 fully saturated rings. The van der Waals surface area contributed by atoms with Crippen LogP contribution in [0.1, 0.15) is 6.92 Å². The van der Waals surface area contributed by atoms with Crippen molar-refractivity contribution < 1.29 is 17.6 Å². The van der Waals surface area contributed by atoms with Gasteiger partial charge >= 0.3 is 0 Å². The number of para-hydroxylation sites is 1. The second-order valence-electron chi connectivity index (χ2n) is 4.80. The highest BCUT2D eigenvalue weighted by molar-refractivity contribution is 7.89. The number of rotatable bonds is 6. The maximum Gasteiger partial charge on any atom is 0.243 e. The zero-order chi connectivity index (χ0) is 16.9. The summed E-state index contributed by atoms with van der Waals surface area (Å²) in [4.78, 5) is 12.0. The molecule has 0 aliphatic carbocycles. The quantitative estimate of drug-likeness (QED) is 0.881. The number of nitrogens with zero attached hydrogens (tertiary/aromatic N) is 1. The van der Waals surface area contributed by atoms with Crippen LogP contribution >= 0.6 is 0 Å². The smallest absolute Gasteiger partial charge is 0.243 e. The molecule has 2 rings (SSSR count). The van der Waals surface area contributed by atoms with E-state index in [1.165, 1.54) is 12.1 Å². The molecule has 0 bridgehead atoms.